The number of pyridine rings is 1. The van der Waals surface area contributed by atoms with Gasteiger partial charge in [0, 0.05) is 25.3 Å². The molecule has 1 aromatic heterocycles. The van der Waals surface area contributed by atoms with Crippen LogP contribution >= 0.6 is 0 Å². The van der Waals surface area contributed by atoms with Crippen molar-refractivity contribution < 1.29 is 14.7 Å². The van der Waals surface area contributed by atoms with Gasteiger partial charge in [-0.25, -0.2) is 9.78 Å². The van der Waals surface area contributed by atoms with E-state index in [9.17, 15) is 9.59 Å². The zero-order chi connectivity index (χ0) is 18.9. The van der Waals surface area contributed by atoms with E-state index in [0.717, 1.165) is 12.8 Å². The predicted molar refractivity (Wildman–Crippen MR) is 95.0 cm³/mol. The van der Waals surface area contributed by atoms with Gasteiger partial charge in [-0.05, 0) is 45.1 Å². The number of aromatic nitrogens is 1. The number of nitrogens with zero attached hydrogens (tertiary/aromatic N) is 3. The Kier molecular flexibility index (Phi) is 4.72. The van der Waals surface area contributed by atoms with Crippen LogP contribution in [0.25, 0.3) is 0 Å². The maximum absolute atomic E-state index is 12.7. The lowest BCUT2D eigenvalue weighted by atomic mass is 10.0. The molecule has 2 atom stereocenters. The molecule has 138 valence electrons. The fraction of sp³-hybridized carbons (Fsp3) is 0.556. The van der Waals surface area contributed by atoms with Crippen molar-refractivity contribution >= 4 is 17.7 Å². The van der Waals surface area contributed by atoms with Gasteiger partial charge in [-0.2, -0.15) is 5.26 Å². The molecular formula is C18H23N5O3. The lowest BCUT2D eigenvalue weighted by molar-refractivity contribution is 0.0936. The zero-order valence-corrected chi connectivity index (χ0v) is 15.0. The van der Waals surface area contributed by atoms with E-state index in [2.05, 4.69) is 15.6 Å². The molecule has 1 aromatic rings. The number of carbonyl (C=O) groups is 2. The molecule has 2 heterocycles. The highest BCUT2D eigenvalue weighted by atomic mass is 16.4. The van der Waals surface area contributed by atoms with Gasteiger partial charge >= 0.3 is 6.09 Å². The average Bonchev–Trinajstić information content (AvgIpc) is 3.37. The minimum Gasteiger partial charge on any atom is -0.465 e. The number of hydrogen-bond donors (Lipinski definition) is 3. The highest BCUT2D eigenvalue weighted by Crippen LogP contribution is 2.33. The van der Waals surface area contributed by atoms with Crippen molar-refractivity contribution in [3.63, 3.8) is 0 Å². The van der Waals surface area contributed by atoms with Crippen LogP contribution in [-0.4, -0.2) is 46.8 Å². The second-order valence-corrected chi connectivity index (χ2v) is 7.46. The highest BCUT2D eigenvalue weighted by Gasteiger charge is 2.37. The van der Waals surface area contributed by atoms with E-state index in [0.29, 0.717) is 36.7 Å². The summed E-state index contributed by atoms with van der Waals surface area (Å²) in [5.41, 5.74) is 0.660. The van der Waals surface area contributed by atoms with Gasteiger partial charge in [-0.15, -0.1) is 0 Å². The van der Waals surface area contributed by atoms with Crippen LogP contribution < -0.4 is 15.5 Å². The average molecular weight is 357 g/mol. The molecular weight excluding hydrogens is 334 g/mol. The van der Waals surface area contributed by atoms with Gasteiger partial charge < -0.3 is 20.6 Å². The first kappa shape index (κ1) is 18.0. The minimum atomic E-state index is -1.07. The van der Waals surface area contributed by atoms with Crippen LogP contribution in [0, 0.1) is 17.2 Å². The molecule has 1 saturated heterocycles. The molecule has 2 fully saturated rings. The number of rotatable bonds is 5. The molecule has 0 bridgehead atoms. The largest absolute Gasteiger partial charge is 0.465 e. The third kappa shape index (κ3) is 3.87. The molecule has 0 aromatic carbocycles. The van der Waals surface area contributed by atoms with Crippen molar-refractivity contribution in [1.82, 2.24) is 15.6 Å². The van der Waals surface area contributed by atoms with Crippen molar-refractivity contribution in [1.29, 1.82) is 5.26 Å². The van der Waals surface area contributed by atoms with Gasteiger partial charge in [0.2, 0.25) is 0 Å². The zero-order valence-electron chi connectivity index (χ0n) is 15.0. The van der Waals surface area contributed by atoms with Gasteiger partial charge in [0.05, 0.1) is 16.8 Å². The van der Waals surface area contributed by atoms with E-state index in [1.807, 2.05) is 24.8 Å². The van der Waals surface area contributed by atoms with E-state index in [4.69, 9.17) is 10.4 Å². The van der Waals surface area contributed by atoms with E-state index in [1.54, 1.807) is 6.07 Å². The number of carboxylic acid groups (broad SMARTS) is 1. The SMILES string of the molecule is C[C@H](NC(=O)c1cnc(C#N)cc1N1CCC(C)(NC(=O)O)C1)C1CC1. The van der Waals surface area contributed by atoms with Crippen molar-refractivity contribution in [3.05, 3.63) is 23.5 Å². The Morgan fingerprint density at radius 2 is 2.23 bits per heavy atom. The second-order valence-electron chi connectivity index (χ2n) is 7.46. The third-order valence-electron chi connectivity index (χ3n) is 5.15. The van der Waals surface area contributed by atoms with Crippen LogP contribution in [0.5, 0.6) is 0 Å². The van der Waals surface area contributed by atoms with Crippen LogP contribution in [0.2, 0.25) is 0 Å². The summed E-state index contributed by atoms with van der Waals surface area (Å²) in [4.78, 5) is 29.7. The van der Waals surface area contributed by atoms with Crippen molar-refractivity contribution in [2.24, 2.45) is 5.92 Å². The summed E-state index contributed by atoms with van der Waals surface area (Å²) in [6, 6.07) is 3.70. The number of nitriles is 1. The van der Waals surface area contributed by atoms with Gasteiger partial charge in [0.15, 0.2) is 0 Å². The Morgan fingerprint density at radius 3 is 2.85 bits per heavy atom. The summed E-state index contributed by atoms with van der Waals surface area (Å²) in [6.07, 6.45) is 3.24. The van der Waals surface area contributed by atoms with E-state index in [1.165, 1.54) is 6.20 Å². The molecule has 1 aliphatic heterocycles. The fourth-order valence-electron chi connectivity index (χ4n) is 3.47. The number of anilines is 1. The van der Waals surface area contributed by atoms with Gasteiger partial charge in [-0.3, -0.25) is 4.79 Å². The monoisotopic (exact) mass is 357 g/mol. The van der Waals surface area contributed by atoms with Crippen LogP contribution in [0.4, 0.5) is 10.5 Å². The number of nitrogens with one attached hydrogen (secondary N) is 2. The number of hydrogen-bond acceptors (Lipinski definition) is 5. The fourth-order valence-corrected chi connectivity index (χ4v) is 3.47. The Labute approximate surface area is 152 Å². The summed E-state index contributed by atoms with van der Waals surface area (Å²) in [6.45, 7) is 4.84. The normalized spacial score (nSPS) is 23.2. The lowest BCUT2D eigenvalue weighted by Gasteiger charge is -2.26. The Morgan fingerprint density at radius 1 is 1.50 bits per heavy atom. The maximum atomic E-state index is 12.7. The third-order valence-corrected chi connectivity index (χ3v) is 5.15. The molecule has 3 N–H and O–H groups in total. The van der Waals surface area contributed by atoms with Crippen molar-refractivity contribution in [3.8, 4) is 6.07 Å². The molecule has 2 aliphatic rings. The van der Waals surface area contributed by atoms with Crippen molar-refractivity contribution in [2.75, 3.05) is 18.0 Å². The van der Waals surface area contributed by atoms with Gasteiger partial charge in [0.1, 0.15) is 11.8 Å². The smallest absolute Gasteiger partial charge is 0.405 e. The van der Waals surface area contributed by atoms with Crippen LogP contribution in [0.15, 0.2) is 12.3 Å². The first-order valence-electron chi connectivity index (χ1n) is 8.78. The molecule has 0 spiro atoms. The molecule has 3 rings (SSSR count). The Hall–Kier alpha value is -2.82. The molecule has 8 heteroatoms. The molecule has 0 radical (unpaired) electrons. The first-order chi connectivity index (χ1) is 12.3. The molecule has 2 amide bonds. The first-order valence-corrected chi connectivity index (χ1v) is 8.78. The Balaban J connectivity index is 1.84. The second kappa shape index (κ2) is 6.83. The highest BCUT2D eigenvalue weighted by molar-refractivity contribution is 6.00. The van der Waals surface area contributed by atoms with Crippen LogP contribution in [0.1, 0.15) is 49.2 Å². The quantitative estimate of drug-likeness (QED) is 0.738. The van der Waals surface area contributed by atoms with Gasteiger partial charge in [-0.1, -0.05) is 0 Å². The molecule has 1 aliphatic carbocycles. The molecule has 1 unspecified atom stereocenters. The van der Waals surface area contributed by atoms with Crippen molar-refractivity contribution in [2.45, 2.75) is 44.7 Å². The number of amides is 2. The molecule has 26 heavy (non-hydrogen) atoms. The standard InChI is InChI=1S/C18H23N5O3/c1-11(12-3-4-12)21-16(24)14-9-20-13(8-19)7-15(14)23-6-5-18(2,10-23)22-17(25)26/h7,9,11-12,22H,3-6,10H2,1-2H3,(H,21,24)(H,25,26)/t11-,18?/m0/s1. The van der Waals surface area contributed by atoms with E-state index < -0.39 is 11.6 Å². The number of carbonyl (C=O) groups excluding carboxylic acids is 1. The lowest BCUT2D eigenvalue weighted by Crippen LogP contribution is -2.47. The minimum absolute atomic E-state index is 0.100. The predicted octanol–water partition coefficient (Wildman–Crippen LogP) is 1.72. The summed E-state index contributed by atoms with van der Waals surface area (Å²) < 4.78 is 0. The summed E-state index contributed by atoms with van der Waals surface area (Å²) in [5, 5.41) is 23.8. The Bertz CT molecular complexity index is 771. The van der Waals surface area contributed by atoms with Crippen LogP contribution in [0.3, 0.4) is 0 Å². The summed E-state index contributed by atoms with van der Waals surface area (Å²) in [7, 11) is 0. The maximum Gasteiger partial charge on any atom is 0.405 e. The summed E-state index contributed by atoms with van der Waals surface area (Å²) >= 11 is 0. The topological polar surface area (TPSA) is 118 Å². The summed E-state index contributed by atoms with van der Waals surface area (Å²) in [5.74, 6) is 0.319. The van der Waals surface area contributed by atoms with Crippen LogP contribution in [-0.2, 0) is 0 Å². The molecule has 1 saturated carbocycles. The van der Waals surface area contributed by atoms with E-state index in [-0.39, 0.29) is 17.6 Å². The van der Waals surface area contributed by atoms with Gasteiger partial charge in [0.25, 0.3) is 5.91 Å². The molecule has 8 nitrogen and oxygen atoms in total. The van der Waals surface area contributed by atoms with E-state index >= 15 is 0 Å².